The van der Waals surface area contributed by atoms with E-state index in [1.807, 2.05) is 28.8 Å². The molecule has 0 aliphatic heterocycles. The van der Waals surface area contributed by atoms with Gasteiger partial charge in [-0.2, -0.15) is 5.26 Å². The summed E-state index contributed by atoms with van der Waals surface area (Å²) < 4.78 is 5.59. The molecule has 0 bridgehead atoms. The van der Waals surface area contributed by atoms with Crippen LogP contribution in [0.4, 0.5) is 0 Å². The molecule has 178 valence electrons. The third-order valence-corrected chi connectivity index (χ3v) is 7.47. The Balaban J connectivity index is 1.43. The fourth-order valence-corrected chi connectivity index (χ4v) is 5.37. The lowest BCUT2D eigenvalue weighted by Gasteiger charge is -2.42. The summed E-state index contributed by atoms with van der Waals surface area (Å²) in [6.07, 6.45) is 3.97. The molecule has 2 aromatic carbocycles. The van der Waals surface area contributed by atoms with Gasteiger partial charge in [-0.25, -0.2) is 14.8 Å². The molecule has 36 heavy (non-hydrogen) atoms. The normalized spacial score (nSPS) is 19.2. The molecule has 9 heteroatoms. The summed E-state index contributed by atoms with van der Waals surface area (Å²) in [6.45, 7) is 4.23. The molecule has 1 fully saturated rings. The lowest BCUT2D eigenvalue weighted by atomic mass is 9.69. The van der Waals surface area contributed by atoms with E-state index in [0.29, 0.717) is 17.1 Å². The Morgan fingerprint density at radius 2 is 1.92 bits per heavy atom. The number of imidazole rings is 1. The van der Waals surface area contributed by atoms with Crippen LogP contribution < -0.4 is 5.69 Å². The Bertz CT molecular complexity index is 1710. The van der Waals surface area contributed by atoms with Crippen molar-refractivity contribution < 1.29 is 0 Å². The molecule has 1 saturated carbocycles. The maximum absolute atomic E-state index is 13.2. The molecule has 6 rings (SSSR count). The van der Waals surface area contributed by atoms with Crippen LogP contribution in [0.2, 0.25) is 0 Å². The number of hydrogen-bond acceptors (Lipinski definition) is 6. The van der Waals surface area contributed by atoms with E-state index < -0.39 is 0 Å². The zero-order valence-corrected chi connectivity index (χ0v) is 20.2. The minimum absolute atomic E-state index is 0.0173. The Hall–Kier alpha value is -4.58. The van der Waals surface area contributed by atoms with E-state index in [1.54, 1.807) is 29.9 Å². The second-order valence-corrected chi connectivity index (χ2v) is 9.39. The van der Waals surface area contributed by atoms with Crippen molar-refractivity contribution in [2.75, 3.05) is 0 Å². The first kappa shape index (κ1) is 21.9. The SMILES string of the molecule is Cc1ccccc1-n1c(-c2ccncn2)nnc1[C@@H]1C[C@@H](n2c(=O)n(C)c3cc(C#N)ccc32)C1C. The van der Waals surface area contributed by atoms with Crippen LogP contribution in [0.15, 0.2) is 65.8 Å². The lowest BCUT2D eigenvalue weighted by Crippen LogP contribution is -2.41. The highest BCUT2D eigenvalue weighted by Crippen LogP contribution is 2.50. The van der Waals surface area contributed by atoms with Crippen LogP contribution in [-0.2, 0) is 7.05 Å². The molecule has 9 nitrogen and oxygen atoms in total. The summed E-state index contributed by atoms with van der Waals surface area (Å²) in [7, 11) is 1.76. The van der Waals surface area contributed by atoms with Crippen molar-refractivity contribution in [2.24, 2.45) is 13.0 Å². The highest BCUT2D eigenvalue weighted by atomic mass is 16.1. The van der Waals surface area contributed by atoms with Gasteiger partial charge in [0, 0.05) is 25.2 Å². The largest absolute Gasteiger partial charge is 0.329 e. The number of aromatic nitrogens is 7. The van der Waals surface area contributed by atoms with Crippen molar-refractivity contribution in [1.29, 1.82) is 5.26 Å². The third kappa shape index (κ3) is 3.18. The van der Waals surface area contributed by atoms with E-state index >= 15 is 0 Å². The minimum Gasteiger partial charge on any atom is -0.295 e. The Morgan fingerprint density at radius 1 is 1.08 bits per heavy atom. The molecule has 0 radical (unpaired) electrons. The van der Waals surface area contributed by atoms with Crippen molar-refractivity contribution >= 4 is 11.0 Å². The number of nitrogens with zero attached hydrogens (tertiary/aromatic N) is 8. The Morgan fingerprint density at radius 3 is 2.64 bits per heavy atom. The predicted molar refractivity (Wildman–Crippen MR) is 135 cm³/mol. The average molecular weight is 477 g/mol. The second-order valence-electron chi connectivity index (χ2n) is 9.39. The van der Waals surface area contributed by atoms with Gasteiger partial charge in [-0.1, -0.05) is 25.1 Å². The Kier molecular flexibility index (Phi) is 5.04. The van der Waals surface area contributed by atoms with Crippen molar-refractivity contribution in [1.82, 2.24) is 33.9 Å². The molecule has 3 heterocycles. The van der Waals surface area contributed by atoms with E-state index in [-0.39, 0.29) is 23.6 Å². The number of para-hydroxylation sites is 1. The Labute approximate surface area is 207 Å². The summed E-state index contributed by atoms with van der Waals surface area (Å²) in [4.78, 5) is 21.7. The fourth-order valence-electron chi connectivity index (χ4n) is 5.37. The van der Waals surface area contributed by atoms with Crippen LogP contribution in [0.5, 0.6) is 0 Å². The molecule has 0 N–H and O–H groups in total. The van der Waals surface area contributed by atoms with Gasteiger partial charge in [-0.3, -0.25) is 13.7 Å². The van der Waals surface area contributed by atoms with E-state index in [2.05, 4.69) is 56.8 Å². The highest BCUT2D eigenvalue weighted by Gasteiger charge is 2.44. The first-order chi connectivity index (χ1) is 17.5. The van der Waals surface area contributed by atoms with Gasteiger partial charge in [-0.15, -0.1) is 10.2 Å². The zero-order chi connectivity index (χ0) is 25.0. The topological polar surface area (TPSA) is 107 Å². The van der Waals surface area contributed by atoms with Crippen LogP contribution in [0.1, 0.15) is 42.3 Å². The smallest absolute Gasteiger partial charge is 0.295 e. The van der Waals surface area contributed by atoms with E-state index in [1.165, 1.54) is 6.33 Å². The van der Waals surface area contributed by atoms with Gasteiger partial charge in [0.2, 0.25) is 0 Å². The molecular weight excluding hydrogens is 452 g/mol. The molecule has 0 spiro atoms. The minimum atomic E-state index is -0.0718. The van der Waals surface area contributed by atoms with Gasteiger partial charge in [0.05, 0.1) is 28.4 Å². The summed E-state index contributed by atoms with van der Waals surface area (Å²) in [6, 6.07) is 17.6. The van der Waals surface area contributed by atoms with E-state index in [0.717, 1.165) is 34.5 Å². The molecule has 1 unspecified atom stereocenters. The zero-order valence-electron chi connectivity index (χ0n) is 20.2. The first-order valence-corrected chi connectivity index (χ1v) is 11.9. The number of benzene rings is 2. The molecule has 1 aliphatic rings. The molecule has 0 saturated heterocycles. The molecule has 3 aromatic heterocycles. The lowest BCUT2D eigenvalue weighted by molar-refractivity contribution is 0.148. The fraction of sp³-hybridized carbons (Fsp3) is 0.259. The second kappa shape index (κ2) is 8.27. The van der Waals surface area contributed by atoms with Gasteiger partial charge in [0.25, 0.3) is 0 Å². The molecule has 5 aromatic rings. The highest BCUT2D eigenvalue weighted by molar-refractivity contribution is 5.78. The van der Waals surface area contributed by atoms with Crippen LogP contribution in [0.3, 0.4) is 0 Å². The van der Waals surface area contributed by atoms with Gasteiger partial charge < -0.3 is 0 Å². The number of nitriles is 1. The predicted octanol–water partition coefficient (Wildman–Crippen LogP) is 3.92. The van der Waals surface area contributed by atoms with Crippen molar-refractivity contribution in [3.8, 4) is 23.3 Å². The van der Waals surface area contributed by atoms with Gasteiger partial charge in [0.1, 0.15) is 17.8 Å². The number of fused-ring (bicyclic) bond motifs is 1. The quantitative estimate of drug-likeness (QED) is 0.389. The number of hydrogen-bond donors (Lipinski definition) is 0. The molecular formula is C27H24N8O. The molecule has 1 aliphatic carbocycles. The van der Waals surface area contributed by atoms with Crippen molar-refractivity contribution in [2.45, 2.75) is 32.2 Å². The standard InChI is InChI=1S/C27H24N8O/c1-16-6-4-5-7-21(16)35-25(31-32-26(35)20-10-11-29-15-30-20)19-13-23(17(19)2)34-22-9-8-18(14-28)12-24(22)33(3)27(34)36/h4-12,15,17,19,23H,13H2,1-3H3/t17?,19-,23-/m1/s1. The van der Waals surface area contributed by atoms with Crippen molar-refractivity contribution in [3.63, 3.8) is 0 Å². The molecule has 3 atom stereocenters. The van der Waals surface area contributed by atoms with Crippen LogP contribution in [-0.4, -0.2) is 33.9 Å². The van der Waals surface area contributed by atoms with Gasteiger partial charge in [-0.05, 0) is 55.2 Å². The van der Waals surface area contributed by atoms with E-state index in [4.69, 9.17) is 0 Å². The molecule has 0 amide bonds. The monoisotopic (exact) mass is 476 g/mol. The third-order valence-electron chi connectivity index (χ3n) is 7.47. The average Bonchev–Trinajstić information content (AvgIpc) is 3.43. The maximum atomic E-state index is 13.2. The van der Waals surface area contributed by atoms with E-state index in [9.17, 15) is 10.1 Å². The van der Waals surface area contributed by atoms with Crippen LogP contribution in [0.25, 0.3) is 28.2 Å². The number of rotatable bonds is 4. The summed E-state index contributed by atoms with van der Waals surface area (Å²) in [5.41, 5.74) is 4.90. The maximum Gasteiger partial charge on any atom is 0.329 e. The van der Waals surface area contributed by atoms with Crippen LogP contribution in [0, 0.1) is 24.2 Å². The summed E-state index contributed by atoms with van der Waals surface area (Å²) in [5.74, 6) is 1.79. The summed E-state index contributed by atoms with van der Waals surface area (Å²) >= 11 is 0. The van der Waals surface area contributed by atoms with Gasteiger partial charge >= 0.3 is 5.69 Å². The van der Waals surface area contributed by atoms with Crippen LogP contribution >= 0.6 is 0 Å². The van der Waals surface area contributed by atoms with Crippen molar-refractivity contribution in [3.05, 3.63) is 88.5 Å². The van der Waals surface area contributed by atoms with Gasteiger partial charge in [0.15, 0.2) is 5.82 Å². The summed E-state index contributed by atoms with van der Waals surface area (Å²) in [5, 5.41) is 18.5. The first-order valence-electron chi connectivity index (χ1n) is 11.9. The number of aryl methyl sites for hydroxylation is 2.